The molecule has 4 heterocycles. The minimum atomic E-state index is -4.44. The average molecular weight is 643 g/mol. The van der Waals surface area contributed by atoms with Crippen LogP contribution in [0.5, 0.6) is 0 Å². The van der Waals surface area contributed by atoms with Crippen LogP contribution in [-0.4, -0.2) is 45.8 Å². The van der Waals surface area contributed by atoms with Crippen molar-refractivity contribution < 1.29 is 32.3 Å². The van der Waals surface area contributed by atoms with Gasteiger partial charge in [-0.3, -0.25) is 19.6 Å². The molecule has 8 nitrogen and oxygen atoms in total. The highest BCUT2D eigenvalue weighted by atomic mass is 19.4. The number of fused-ring (bicyclic) bond motifs is 3. The van der Waals surface area contributed by atoms with Crippen molar-refractivity contribution in [2.45, 2.75) is 57.8 Å². The van der Waals surface area contributed by atoms with Crippen LogP contribution in [0.2, 0.25) is 0 Å². The van der Waals surface area contributed by atoms with Gasteiger partial charge in [0.15, 0.2) is 0 Å². The number of esters is 1. The van der Waals surface area contributed by atoms with E-state index >= 15 is 0 Å². The van der Waals surface area contributed by atoms with Gasteiger partial charge in [-0.1, -0.05) is 24.3 Å². The van der Waals surface area contributed by atoms with Crippen LogP contribution in [0.15, 0.2) is 73.1 Å². The van der Waals surface area contributed by atoms with Crippen molar-refractivity contribution >= 4 is 17.8 Å². The molecule has 0 aliphatic carbocycles. The minimum absolute atomic E-state index is 0.0885. The zero-order chi connectivity index (χ0) is 33.3. The zero-order valence-electron chi connectivity index (χ0n) is 25.9. The van der Waals surface area contributed by atoms with E-state index in [0.717, 1.165) is 30.5 Å². The summed E-state index contributed by atoms with van der Waals surface area (Å²) < 4.78 is 44.9. The lowest BCUT2D eigenvalue weighted by atomic mass is 9.89. The predicted octanol–water partition coefficient (Wildman–Crippen LogP) is 6.91. The van der Waals surface area contributed by atoms with E-state index in [1.54, 1.807) is 48.5 Å². The second-order valence-electron chi connectivity index (χ2n) is 11.7. The van der Waals surface area contributed by atoms with Crippen molar-refractivity contribution in [2.75, 3.05) is 13.2 Å². The molecular formula is C36H33F3N4O4. The lowest BCUT2D eigenvalue weighted by Crippen LogP contribution is -2.26. The molecule has 2 aromatic carbocycles. The average Bonchev–Trinajstić information content (AvgIpc) is 3.66. The first-order valence-corrected chi connectivity index (χ1v) is 15.6. The maximum absolute atomic E-state index is 13.8. The van der Waals surface area contributed by atoms with Crippen LogP contribution in [0.25, 0.3) is 11.1 Å². The number of hydrogen-bond donors (Lipinski definition) is 1. The van der Waals surface area contributed by atoms with Crippen LogP contribution in [0.4, 0.5) is 13.2 Å². The fourth-order valence-corrected chi connectivity index (χ4v) is 6.37. The second-order valence-corrected chi connectivity index (χ2v) is 11.7. The molecule has 0 spiro atoms. The summed E-state index contributed by atoms with van der Waals surface area (Å²) in [6.45, 7) is 4.22. The molecule has 2 aliphatic rings. The van der Waals surface area contributed by atoms with Gasteiger partial charge in [0.25, 0.3) is 11.8 Å². The molecule has 1 fully saturated rings. The number of amides is 2. The summed E-state index contributed by atoms with van der Waals surface area (Å²) in [5, 5.41) is 2.97. The lowest BCUT2D eigenvalue weighted by molar-refractivity contribution is -0.137. The molecule has 2 atom stereocenters. The number of benzene rings is 2. The van der Waals surface area contributed by atoms with Gasteiger partial charge in [0.1, 0.15) is 0 Å². The Morgan fingerprint density at radius 2 is 1.70 bits per heavy atom. The summed E-state index contributed by atoms with van der Waals surface area (Å²) in [7, 11) is 0. The molecule has 11 heteroatoms. The highest BCUT2D eigenvalue weighted by Crippen LogP contribution is 2.45. The van der Waals surface area contributed by atoms with E-state index in [-0.39, 0.29) is 42.5 Å². The highest BCUT2D eigenvalue weighted by Gasteiger charge is 2.44. The van der Waals surface area contributed by atoms with E-state index in [0.29, 0.717) is 52.2 Å². The number of ether oxygens (including phenoxy) is 1. The Morgan fingerprint density at radius 1 is 1.00 bits per heavy atom. The number of halogens is 3. The molecule has 2 aliphatic heterocycles. The van der Waals surface area contributed by atoms with Crippen molar-refractivity contribution in [3.63, 3.8) is 0 Å². The van der Waals surface area contributed by atoms with Crippen LogP contribution >= 0.6 is 0 Å². The number of hydrogen-bond acceptors (Lipinski definition) is 6. The smallest absolute Gasteiger partial charge is 0.416 e. The summed E-state index contributed by atoms with van der Waals surface area (Å²) in [6, 6.07) is 14.8. The van der Waals surface area contributed by atoms with Crippen molar-refractivity contribution in [1.29, 1.82) is 0 Å². The second kappa shape index (κ2) is 13.0. The monoisotopic (exact) mass is 642 g/mol. The molecule has 0 radical (unpaired) electrons. The number of aryl methyl sites for hydroxylation is 2. The Hall–Kier alpha value is -5.06. The fraction of sp³-hybridized carbons (Fsp3) is 0.306. The lowest BCUT2D eigenvalue weighted by Gasteiger charge is -2.18. The summed E-state index contributed by atoms with van der Waals surface area (Å²) >= 11 is 0. The van der Waals surface area contributed by atoms with E-state index in [1.165, 1.54) is 12.1 Å². The summed E-state index contributed by atoms with van der Waals surface area (Å²) in [5.41, 5.74) is 3.64. The number of nitrogens with zero attached hydrogens (tertiary/aromatic N) is 3. The Bertz CT molecular complexity index is 1810. The first-order valence-electron chi connectivity index (χ1n) is 15.6. The molecule has 47 heavy (non-hydrogen) atoms. The van der Waals surface area contributed by atoms with E-state index in [9.17, 15) is 27.6 Å². The van der Waals surface area contributed by atoms with E-state index in [2.05, 4.69) is 10.3 Å². The van der Waals surface area contributed by atoms with Crippen LogP contribution < -0.4 is 5.32 Å². The van der Waals surface area contributed by atoms with Crippen molar-refractivity contribution in [2.24, 2.45) is 0 Å². The molecular weight excluding hydrogens is 609 g/mol. The molecule has 242 valence electrons. The number of carbonyl (C=O) groups is 3. The molecule has 2 aromatic heterocycles. The summed E-state index contributed by atoms with van der Waals surface area (Å²) in [5.74, 6) is -1.15. The standard InChI is InChI=1S/C36H33F3N4O4/c1-3-47-35(46)30-27(15-8-22-6-13-26(14-7-22)36(37,38)39)42-32-28-5-4-20-43(28)34(45)31(32)29(30)24-9-11-25(12-10-24)33(44)41-21(2)23-16-18-40-19-17-23/h6-7,9-14,16-19,21,28H,3-5,8,15,20H2,1-2H3,(H,41,44)/t21-,28+/m1/s1. The van der Waals surface area contributed by atoms with Gasteiger partial charge in [0, 0.05) is 30.1 Å². The Labute approximate surface area is 270 Å². The van der Waals surface area contributed by atoms with Crippen LogP contribution in [0.1, 0.15) is 97.9 Å². The molecule has 0 unspecified atom stereocenters. The quantitative estimate of drug-likeness (QED) is 0.199. The Morgan fingerprint density at radius 3 is 2.36 bits per heavy atom. The van der Waals surface area contributed by atoms with Gasteiger partial charge in [0.05, 0.1) is 46.8 Å². The van der Waals surface area contributed by atoms with Gasteiger partial charge in [-0.2, -0.15) is 13.2 Å². The first kappa shape index (κ1) is 31.9. The topological polar surface area (TPSA) is 101 Å². The Kier molecular flexibility index (Phi) is 8.81. The Balaban J connectivity index is 1.39. The predicted molar refractivity (Wildman–Crippen MR) is 168 cm³/mol. The third kappa shape index (κ3) is 6.34. The van der Waals surface area contributed by atoms with Gasteiger partial charge in [-0.05, 0) is 92.6 Å². The molecule has 0 bridgehead atoms. The summed E-state index contributed by atoms with van der Waals surface area (Å²) in [6.07, 6.45) is 0.975. The van der Waals surface area contributed by atoms with E-state index in [4.69, 9.17) is 9.72 Å². The van der Waals surface area contributed by atoms with Crippen molar-refractivity contribution in [1.82, 2.24) is 20.2 Å². The van der Waals surface area contributed by atoms with Crippen LogP contribution in [0, 0.1) is 0 Å². The number of alkyl halides is 3. The van der Waals surface area contributed by atoms with Gasteiger partial charge in [-0.15, -0.1) is 0 Å². The number of pyridine rings is 2. The molecule has 1 N–H and O–H groups in total. The molecule has 1 saturated heterocycles. The summed E-state index contributed by atoms with van der Waals surface area (Å²) in [4.78, 5) is 51.3. The fourth-order valence-electron chi connectivity index (χ4n) is 6.37. The molecule has 2 amide bonds. The maximum Gasteiger partial charge on any atom is 0.416 e. The molecule has 0 saturated carbocycles. The van der Waals surface area contributed by atoms with Crippen molar-refractivity contribution in [3.8, 4) is 11.1 Å². The highest BCUT2D eigenvalue weighted by molar-refractivity contribution is 6.11. The van der Waals surface area contributed by atoms with Gasteiger partial charge in [0.2, 0.25) is 0 Å². The zero-order valence-corrected chi connectivity index (χ0v) is 25.9. The molecule has 4 aromatic rings. The normalized spacial score (nSPS) is 16.1. The largest absolute Gasteiger partial charge is 0.462 e. The SMILES string of the molecule is CCOC(=O)c1c(CCc2ccc(C(F)(F)F)cc2)nc2c(c1-c1ccc(C(=O)N[C@H](C)c3ccncc3)cc1)C(=O)N1CCC[C@@H]21. The van der Waals surface area contributed by atoms with Crippen LogP contribution in [0.3, 0.4) is 0 Å². The maximum atomic E-state index is 13.8. The van der Waals surface area contributed by atoms with Crippen molar-refractivity contribution in [3.05, 3.63) is 118 Å². The third-order valence-corrected chi connectivity index (χ3v) is 8.74. The van der Waals surface area contributed by atoms with Gasteiger partial charge < -0.3 is 15.0 Å². The molecule has 6 rings (SSSR count). The first-order chi connectivity index (χ1) is 22.6. The number of nitrogens with one attached hydrogen (secondary N) is 1. The minimum Gasteiger partial charge on any atom is -0.462 e. The van der Waals surface area contributed by atoms with Gasteiger partial charge in [-0.25, -0.2) is 4.79 Å². The van der Waals surface area contributed by atoms with Gasteiger partial charge >= 0.3 is 12.1 Å². The van der Waals surface area contributed by atoms with E-state index < -0.39 is 17.7 Å². The number of rotatable bonds is 9. The van der Waals surface area contributed by atoms with Crippen LogP contribution in [-0.2, 0) is 23.8 Å². The van der Waals surface area contributed by atoms with E-state index in [1.807, 2.05) is 19.1 Å². The third-order valence-electron chi connectivity index (χ3n) is 8.74. The number of aromatic nitrogens is 2. The number of carbonyl (C=O) groups excluding carboxylic acids is 3.